The summed E-state index contributed by atoms with van der Waals surface area (Å²) in [5.74, 6) is -1.27. The van der Waals surface area contributed by atoms with E-state index in [9.17, 15) is 14.4 Å². The van der Waals surface area contributed by atoms with E-state index in [4.69, 9.17) is 11.6 Å². The summed E-state index contributed by atoms with van der Waals surface area (Å²) in [7, 11) is 0. The van der Waals surface area contributed by atoms with Crippen LogP contribution in [0.25, 0.3) is 11.3 Å². The molecule has 0 fully saturated rings. The van der Waals surface area contributed by atoms with Crippen LogP contribution in [-0.2, 0) is 9.59 Å². The predicted octanol–water partition coefficient (Wildman–Crippen LogP) is 3.54. The van der Waals surface area contributed by atoms with Gasteiger partial charge < -0.3 is 16.0 Å². The fraction of sp³-hybridized carbons (Fsp3) is 0.100. The van der Waals surface area contributed by atoms with Crippen LogP contribution >= 0.6 is 22.9 Å². The average molecular weight is 427 g/mol. The number of hydrogen-bond donors (Lipinski definition) is 3. The van der Waals surface area contributed by atoms with Gasteiger partial charge in [-0.1, -0.05) is 35.9 Å². The molecule has 3 amide bonds. The van der Waals surface area contributed by atoms with Gasteiger partial charge in [-0.05, 0) is 24.3 Å². The quantitative estimate of drug-likeness (QED) is 0.594. The molecule has 1 aromatic heterocycles. The van der Waals surface area contributed by atoms with E-state index in [0.717, 1.165) is 5.56 Å². The van der Waals surface area contributed by atoms with Crippen LogP contribution in [0.2, 0.25) is 5.02 Å². The number of halogens is 1. The number of nitrogens with one attached hydrogen (secondary N) is 3. The zero-order valence-corrected chi connectivity index (χ0v) is 16.5. The maximum atomic E-state index is 12.4. The molecule has 2 heterocycles. The van der Waals surface area contributed by atoms with Crippen LogP contribution in [0.5, 0.6) is 0 Å². The topological polar surface area (TPSA) is 100 Å². The lowest BCUT2D eigenvalue weighted by Gasteiger charge is -2.13. The molecule has 0 bridgehead atoms. The van der Waals surface area contributed by atoms with Crippen molar-refractivity contribution in [2.75, 3.05) is 10.6 Å². The second kappa shape index (κ2) is 8.02. The van der Waals surface area contributed by atoms with Gasteiger partial charge in [0.25, 0.3) is 5.91 Å². The van der Waals surface area contributed by atoms with Crippen molar-refractivity contribution in [3.8, 4) is 11.3 Å². The SMILES string of the molecule is O=C(C[C@@H]1NC(=O)c2ccccc2NC1=O)Nc1nc(-c2ccc(Cl)cc2)cs1. The Balaban J connectivity index is 1.42. The van der Waals surface area contributed by atoms with Crippen LogP contribution in [0.3, 0.4) is 0 Å². The van der Waals surface area contributed by atoms with Crippen molar-refractivity contribution < 1.29 is 14.4 Å². The number of fused-ring (bicyclic) bond motifs is 1. The second-order valence-corrected chi connectivity index (χ2v) is 7.65. The number of anilines is 2. The summed E-state index contributed by atoms with van der Waals surface area (Å²) in [6, 6.07) is 12.9. The number of benzene rings is 2. The largest absolute Gasteiger partial charge is 0.340 e. The van der Waals surface area contributed by atoms with Gasteiger partial charge in [0.1, 0.15) is 6.04 Å². The van der Waals surface area contributed by atoms with Crippen LogP contribution < -0.4 is 16.0 Å². The van der Waals surface area contributed by atoms with E-state index < -0.39 is 23.8 Å². The maximum absolute atomic E-state index is 12.4. The lowest BCUT2D eigenvalue weighted by atomic mass is 10.1. The minimum atomic E-state index is -0.981. The second-order valence-electron chi connectivity index (χ2n) is 6.36. The number of aromatic nitrogens is 1. The Bertz CT molecular complexity index is 1100. The van der Waals surface area contributed by atoms with Gasteiger partial charge in [0, 0.05) is 16.0 Å². The first-order valence-corrected chi connectivity index (χ1v) is 9.97. The fourth-order valence-electron chi connectivity index (χ4n) is 2.90. The monoisotopic (exact) mass is 426 g/mol. The number of amides is 3. The van der Waals surface area contributed by atoms with Gasteiger partial charge in [-0.2, -0.15) is 0 Å². The summed E-state index contributed by atoms with van der Waals surface area (Å²) < 4.78 is 0. The Hall–Kier alpha value is -3.23. The summed E-state index contributed by atoms with van der Waals surface area (Å²) in [6.45, 7) is 0. The first-order valence-electron chi connectivity index (χ1n) is 8.71. The summed E-state index contributed by atoms with van der Waals surface area (Å²) in [5, 5.41) is 10.8. The van der Waals surface area contributed by atoms with E-state index in [-0.39, 0.29) is 6.42 Å². The molecule has 146 valence electrons. The molecule has 7 nitrogen and oxygen atoms in total. The molecule has 0 unspecified atom stereocenters. The molecule has 9 heteroatoms. The number of hydrogen-bond acceptors (Lipinski definition) is 5. The molecule has 2 aromatic carbocycles. The van der Waals surface area contributed by atoms with Crippen LogP contribution in [-0.4, -0.2) is 28.7 Å². The number of nitrogens with zero attached hydrogens (tertiary/aromatic N) is 1. The van der Waals surface area contributed by atoms with Gasteiger partial charge in [-0.15, -0.1) is 11.3 Å². The highest BCUT2D eigenvalue weighted by Gasteiger charge is 2.29. The molecule has 1 aliphatic heterocycles. The Morgan fingerprint density at radius 2 is 1.90 bits per heavy atom. The molecule has 1 aliphatic rings. The molecular formula is C20H15ClN4O3S. The highest BCUT2D eigenvalue weighted by atomic mass is 35.5. The van der Waals surface area contributed by atoms with Crippen molar-refractivity contribution in [3.05, 3.63) is 64.5 Å². The molecule has 3 aromatic rings. The highest BCUT2D eigenvalue weighted by molar-refractivity contribution is 7.14. The van der Waals surface area contributed by atoms with Crippen molar-refractivity contribution in [2.24, 2.45) is 0 Å². The summed E-state index contributed by atoms with van der Waals surface area (Å²) in [5.41, 5.74) is 2.36. The minimum Gasteiger partial charge on any atom is -0.340 e. The third kappa shape index (κ3) is 4.28. The molecular weight excluding hydrogens is 412 g/mol. The number of para-hydroxylation sites is 1. The number of carbonyl (C=O) groups is 3. The first kappa shape index (κ1) is 19.1. The Kier molecular flexibility index (Phi) is 5.28. The van der Waals surface area contributed by atoms with E-state index in [1.165, 1.54) is 11.3 Å². The van der Waals surface area contributed by atoms with Gasteiger partial charge in [-0.3, -0.25) is 14.4 Å². The van der Waals surface area contributed by atoms with Crippen molar-refractivity contribution in [1.82, 2.24) is 10.3 Å². The smallest absolute Gasteiger partial charge is 0.254 e. The average Bonchev–Trinajstić information content (AvgIpc) is 3.12. The minimum absolute atomic E-state index is 0.207. The molecule has 29 heavy (non-hydrogen) atoms. The summed E-state index contributed by atoms with van der Waals surface area (Å²) >= 11 is 7.16. The molecule has 1 atom stereocenters. The maximum Gasteiger partial charge on any atom is 0.254 e. The lowest BCUT2D eigenvalue weighted by molar-refractivity contribution is -0.122. The Morgan fingerprint density at radius 1 is 1.14 bits per heavy atom. The third-order valence-corrected chi connectivity index (χ3v) is 5.34. The number of carbonyl (C=O) groups excluding carboxylic acids is 3. The van der Waals surface area contributed by atoms with E-state index in [1.807, 2.05) is 17.5 Å². The summed E-state index contributed by atoms with van der Waals surface area (Å²) in [4.78, 5) is 41.5. The molecule has 4 rings (SSSR count). The Morgan fingerprint density at radius 3 is 2.69 bits per heavy atom. The van der Waals surface area contributed by atoms with Gasteiger partial charge in [0.15, 0.2) is 5.13 Å². The standard InChI is InChI=1S/C20H15ClN4O3S/c21-12-7-5-11(6-8-12)16-10-29-20(24-16)25-17(26)9-15-19(28)22-14-4-2-1-3-13(14)18(27)23-15/h1-8,10,15H,9H2,(H,22,28)(H,23,27)(H,24,25,26)/t15-/m0/s1. The molecule has 0 radical (unpaired) electrons. The number of rotatable bonds is 4. The molecule has 0 aliphatic carbocycles. The van der Waals surface area contributed by atoms with Crippen molar-refractivity contribution in [3.63, 3.8) is 0 Å². The van der Waals surface area contributed by atoms with E-state index >= 15 is 0 Å². The van der Waals surface area contributed by atoms with Crippen LogP contribution in [0.1, 0.15) is 16.8 Å². The van der Waals surface area contributed by atoms with Crippen LogP contribution in [0.15, 0.2) is 53.9 Å². The molecule has 3 N–H and O–H groups in total. The van der Waals surface area contributed by atoms with Crippen molar-refractivity contribution in [2.45, 2.75) is 12.5 Å². The molecule has 0 spiro atoms. The van der Waals surface area contributed by atoms with Gasteiger partial charge in [0.05, 0.1) is 23.4 Å². The van der Waals surface area contributed by atoms with E-state index in [2.05, 4.69) is 20.9 Å². The normalized spacial score (nSPS) is 15.7. The van der Waals surface area contributed by atoms with Crippen LogP contribution in [0, 0.1) is 0 Å². The highest BCUT2D eigenvalue weighted by Crippen LogP contribution is 2.26. The predicted molar refractivity (Wildman–Crippen MR) is 112 cm³/mol. The van der Waals surface area contributed by atoms with Gasteiger partial charge >= 0.3 is 0 Å². The molecule has 0 saturated carbocycles. The third-order valence-electron chi connectivity index (χ3n) is 4.33. The van der Waals surface area contributed by atoms with Crippen LogP contribution in [0.4, 0.5) is 10.8 Å². The van der Waals surface area contributed by atoms with Gasteiger partial charge in [0.2, 0.25) is 11.8 Å². The fourth-order valence-corrected chi connectivity index (χ4v) is 3.76. The van der Waals surface area contributed by atoms with Gasteiger partial charge in [-0.25, -0.2) is 4.98 Å². The zero-order valence-electron chi connectivity index (χ0n) is 14.9. The summed E-state index contributed by atoms with van der Waals surface area (Å²) in [6.07, 6.45) is -0.207. The number of thiazole rings is 1. The first-order chi connectivity index (χ1) is 14.0. The van der Waals surface area contributed by atoms with E-state index in [0.29, 0.717) is 27.1 Å². The van der Waals surface area contributed by atoms with Crippen molar-refractivity contribution >= 4 is 51.5 Å². The Labute approximate surface area is 175 Å². The van der Waals surface area contributed by atoms with Crippen molar-refractivity contribution in [1.29, 1.82) is 0 Å². The lowest BCUT2D eigenvalue weighted by Crippen LogP contribution is -2.43. The van der Waals surface area contributed by atoms with E-state index in [1.54, 1.807) is 36.4 Å². The molecule has 0 saturated heterocycles. The zero-order chi connectivity index (χ0) is 20.4.